The quantitative estimate of drug-likeness (QED) is 0.921. The number of benzene rings is 1. The lowest BCUT2D eigenvalue weighted by atomic mass is 10.1. The highest BCUT2D eigenvalue weighted by molar-refractivity contribution is 5.63. The maximum atomic E-state index is 4.53. The van der Waals surface area contributed by atoms with Crippen molar-refractivity contribution in [2.75, 3.05) is 23.8 Å². The van der Waals surface area contributed by atoms with E-state index < -0.39 is 0 Å². The molecule has 0 saturated carbocycles. The Morgan fingerprint density at radius 1 is 1.00 bits per heavy atom. The summed E-state index contributed by atoms with van der Waals surface area (Å²) >= 11 is 0. The fraction of sp³-hybridized carbons (Fsp3) is 0.375. The molecule has 1 heterocycles. The fourth-order valence-electron chi connectivity index (χ4n) is 2.27. The molecular weight excluding hydrogens is 248 g/mol. The Labute approximate surface area is 120 Å². The molecule has 0 amide bonds. The van der Waals surface area contributed by atoms with Crippen molar-refractivity contribution in [1.82, 2.24) is 9.97 Å². The van der Waals surface area contributed by atoms with E-state index in [1.165, 1.54) is 11.1 Å². The molecule has 4 nitrogen and oxygen atoms in total. The van der Waals surface area contributed by atoms with Crippen molar-refractivity contribution in [2.45, 2.75) is 27.7 Å². The third kappa shape index (κ3) is 3.26. The van der Waals surface area contributed by atoms with Gasteiger partial charge in [-0.05, 0) is 51.0 Å². The van der Waals surface area contributed by atoms with E-state index in [4.69, 9.17) is 0 Å². The van der Waals surface area contributed by atoms with E-state index >= 15 is 0 Å². The molecule has 0 aliphatic heterocycles. The highest BCUT2D eigenvalue weighted by atomic mass is 15.2. The van der Waals surface area contributed by atoms with Crippen molar-refractivity contribution in [3.05, 3.63) is 41.2 Å². The van der Waals surface area contributed by atoms with Crippen LogP contribution in [0.2, 0.25) is 0 Å². The van der Waals surface area contributed by atoms with Gasteiger partial charge in [-0.25, -0.2) is 9.97 Å². The third-order valence-corrected chi connectivity index (χ3v) is 3.12. The lowest BCUT2D eigenvalue weighted by molar-refractivity contribution is 1.00. The van der Waals surface area contributed by atoms with Crippen LogP contribution in [0.3, 0.4) is 0 Å². The van der Waals surface area contributed by atoms with Crippen LogP contribution < -0.4 is 10.2 Å². The molecule has 0 aliphatic carbocycles. The molecule has 106 valence electrons. The second kappa shape index (κ2) is 5.90. The zero-order chi connectivity index (χ0) is 14.7. The molecule has 0 unspecified atom stereocenters. The van der Waals surface area contributed by atoms with Gasteiger partial charge >= 0.3 is 0 Å². The molecule has 2 aromatic rings. The SMILES string of the molecule is CCNc1cc(N(C)c2cc(C)cc(C)c2)nc(C)n1. The second-order valence-electron chi connectivity index (χ2n) is 5.09. The summed E-state index contributed by atoms with van der Waals surface area (Å²) in [6.07, 6.45) is 0. The summed E-state index contributed by atoms with van der Waals surface area (Å²) in [4.78, 5) is 11.0. The van der Waals surface area contributed by atoms with Crippen LogP contribution in [0, 0.1) is 20.8 Å². The number of anilines is 3. The van der Waals surface area contributed by atoms with Gasteiger partial charge in [0.15, 0.2) is 0 Å². The molecule has 2 rings (SSSR count). The van der Waals surface area contributed by atoms with E-state index in [0.717, 1.165) is 29.7 Å². The van der Waals surface area contributed by atoms with E-state index in [9.17, 15) is 0 Å². The highest BCUT2D eigenvalue weighted by Crippen LogP contribution is 2.25. The molecule has 20 heavy (non-hydrogen) atoms. The minimum absolute atomic E-state index is 0.773. The van der Waals surface area contributed by atoms with Crippen molar-refractivity contribution < 1.29 is 0 Å². The second-order valence-corrected chi connectivity index (χ2v) is 5.09. The van der Waals surface area contributed by atoms with Crippen LogP contribution in [-0.2, 0) is 0 Å². The smallest absolute Gasteiger partial charge is 0.138 e. The Kier molecular flexibility index (Phi) is 4.23. The standard InChI is InChI=1S/C16H22N4/c1-6-17-15-10-16(19-13(4)18-15)20(5)14-8-11(2)7-12(3)9-14/h7-10H,6H2,1-5H3,(H,17,18,19). The van der Waals surface area contributed by atoms with Crippen LogP contribution in [0.1, 0.15) is 23.9 Å². The maximum Gasteiger partial charge on any atom is 0.138 e. The maximum absolute atomic E-state index is 4.53. The first-order chi connectivity index (χ1) is 9.49. The van der Waals surface area contributed by atoms with Crippen LogP contribution in [0.4, 0.5) is 17.3 Å². The molecular formula is C16H22N4. The van der Waals surface area contributed by atoms with Crippen molar-refractivity contribution in [3.8, 4) is 0 Å². The van der Waals surface area contributed by atoms with E-state index in [2.05, 4.69) is 59.2 Å². The van der Waals surface area contributed by atoms with Crippen molar-refractivity contribution >= 4 is 17.3 Å². The van der Waals surface area contributed by atoms with Crippen LogP contribution >= 0.6 is 0 Å². The predicted octanol–water partition coefficient (Wildman–Crippen LogP) is 3.60. The van der Waals surface area contributed by atoms with Gasteiger partial charge in [-0.2, -0.15) is 0 Å². The average molecular weight is 270 g/mol. The van der Waals surface area contributed by atoms with Gasteiger partial charge in [0, 0.05) is 25.3 Å². The first-order valence-corrected chi connectivity index (χ1v) is 6.91. The normalized spacial score (nSPS) is 10.4. The molecule has 0 fully saturated rings. The van der Waals surface area contributed by atoms with Crippen molar-refractivity contribution in [1.29, 1.82) is 0 Å². The number of nitrogens with zero attached hydrogens (tertiary/aromatic N) is 3. The van der Waals surface area contributed by atoms with E-state index in [0.29, 0.717) is 0 Å². The Bertz CT molecular complexity index is 587. The minimum atomic E-state index is 0.773. The topological polar surface area (TPSA) is 41.0 Å². The zero-order valence-corrected chi connectivity index (χ0v) is 12.9. The molecule has 1 aromatic carbocycles. The van der Waals surface area contributed by atoms with Gasteiger partial charge in [-0.1, -0.05) is 6.07 Å². The summed E-state index contributed by atoms with van der Waals surface area (Å²) in [6.45, 7) is 9.05. The van der Waals surface area contributed by atoms with Crippen LogP contribution in [0.25, 0.3) is 0 Å². The highest BCUT2D eigenvalue weighted by Gasteiger charge is 2.09. The lowest BCUT2D eigenvalue weighted by Gasteiger charge is -2.20. The van der Waals surface area contributed by atoms with Crippen LogP contribution in [-0.4, -0.2) is 23.6 Å². The summed E-state index contributed by atoms with van der Waals surface area (Å²) in [7, 11) is 2.03. The van der Waals surface area contributed by atoms with E-state index in [1.54, 1.807) is 0 Å². The predicted molar refractivity (Wildman–Crippen MR) is 84.9 cm³/mol. The van der Waals surface area contributed by atoms with Crippen LogP contribution in [0.5, 0.6) is 0 Å². The molecule has 0 aliphatic rings. The summed E-state index contributed by atoms with van der Waals surface area (Å²) in [5.74, 6) is 2.54. The van der Waals surface area contributed by atoms with Gasteiger partial charge in [0.2, 0.25) is 0 Å². The zero-order valence-electron chi connectivity index (χ0n) is 12.9. The molecule has 0 atom stereocenters. The Hall–Kier alpha value is -2.10. The monoisotopic (exact) mass is 270 g/mol. The van der Waals surface area contributed by atoms with Gasteiger partial charge in [0.25, 0.3) is 0 Å². The van der Waals surface area contributed by atoms with Crippen LogP contribution in [0.15, 0.2) is 24.3 Å². The number of hydrogen-bond acceptors (Lipinski definition) is 4. The molecule has 4 heteroatoms. The van der Waals surface area contributed by atoms with E-state index in [1.807, 2.05) is 20.0 Å². The Morgan fingerprint density at radius 2 is 1.65 bits per heavy atom. The van der Waals surface area contributed by atoms with Crippen molar-refractivity contribution in [2.24, 2.45) is 0 Å². The van der Waals surface area contributed by atoms with Crippen molar-refractivity contribution in [3.63, 3.8) is 0 Å². The average Bonchev–Trinajstić information content (AvgIpc) is 2.36. The molecule has 1 aromatic heterocycles. The largest absolute Gasteiger partial charge is 0.370 e. The third-order valence-electron chi connectivity index (χ3n) is 3.12. The summed E-state index contributed by atoms with van der Waals surface area (Å²) in [5.41, 5.74) is 3.65. The first kappa shape index (κ1) is 14.3. The van der Waals surface area contributed by atoms with Gasteiger partial charge in [-0.3, -0.25) is 0 Å². The molecule has 0 saturated heterocycles. The van der Waals surface area contributed by atoms with Gasteiger partial charge < -0.3 is 10.2 Å². The minimum Gasteiger partial charge on any atom is -0.370 e. The number of rotatable bonds is 4. The molecule has 0 bridgehead atoms. The summed E-state index contributed by atoms with van der Waals surface area (Å²) in [5, 5.41) is 3.24. The van der Waals surface area contributed by atoms with Gasteiger partial charge in [-0.15, -0.1) is 0 Å². The number of hydrogen-bond donors (Lipinski definition) is 1. The Morgan fingerprint density at radius 3 is 2.25 bits per heavy atom. The fourth-order valence-corrected chi connectivity index (χ4v) is 2.27. The molecule has 1 N–H and O–H groups in total. The number of aryl methyl sites for hydroxylation is 3. The lowest BCUT2D eigenvalue weighted by Crippen LogP contribution is -2.13. The molecule has 0 radical (unpaired) electrons. The first-order valence-electron chi connectivity index (χ1n) is 6.91. The summed E-state index contributed by atoms with van der Waals surface area (Å²) < 4.78 is 0. The summed E-state index contributed by atoms with van der Waals surface area (Å²) in [6, 6.07) is 8.48. The van der Waals surface area contributed by atoms with Gasteiger partial charge in [0.05, 0.1) is 0 Å². The van der Waals surface area contributed by atoms with Gasteiger partial charge in [0.1, 0.15) is 17.5 Å². The Balaban J connectivity index is 2.39. The van der Waals surface area contributed by atoms with E-state index in [-0.39, 0.29) is 0 Å². The molecule has 0 spiro atoms. The number of nitrogens with one attached hydrogen (secondary N) is 1. The number of aromatic nitrogens is 2.